The van der Waals surface area contributed by atoms with E-state index < -0.39 is 46.5 Å². The number of ether oxygens (including phenoxy) is 1. The van der Waals surface area contributed by atoms with Crippen molar-refractivity contribution in [2.75, 3.05) is 11.9 Å². The fourth-order valence-corrected chi connectivity index (χ4v) is 4.35. The van der Waals surface area contributed by atoms with Crippen LogP contribution in [0.15, 0.2) is 18.2 Å². The standard InChI is InChI=1S/C17H14F3N3O5S/c18-17(19,20)10-6-8(23(26)27)4-5-11(10)28-7-13(24)22-16-14(15(21)25)9-2-1-3-12(9)29-16/h4-6H,1-3,7H2,(H2,21,25)(H,22,24). The highest BCUT2D eigenvalue weighted by atomic mass is 32.1. The number of halogens is 3. The minimum atomic E-state index is -4.91. The lowest BCUT2D eigenvalue weighted by Gasteiger charge is -2.13. The van der Waals surface area contributed by atoms with E-state index in [0.29, 0.717) is 12.5 Å². The molecule has 1 aromatic carbocycles. The van der Waals surface area contributed by atoms with Crippen molar-refractivity contribution in [1.82, 2.24) is 0 Å². The number of carbonyl (C=O) groups is 2. The van der Waals surface area contributed by atoms with Gasteiger partial charge in [-0.3, -0.25) is 19.7 Å². The van der Waals surface area contributed by atoms with Crippen LogP contribution in [0, 0.1) is 10.1 Å². The second-order valence-corrected chi connectivity index (χ2v) is 7.30. The third kappa shape index (κ3) is 4.31. The number of alkyl halides is 3. The Morgan fingerprint density at radius 1 is 1.31 bits per heavy atom. The van der Waals surface area contributed by atoms with Crippen LogP contribution in [0.1, 0.15) is 32.8 Å². The fraction of sp³-hybridized carbons (Fsp3) is 0.294. The van der Waals surface area contributed by atoms with Gasteiger partial charge in [0.2, 0.25) is 0 Å². The van der Waals surface area contributed by atoms with Crippen molar-refractivity contribution in [3.8, 4) is 5.75 Å². The van der Waals surface area contributed by atoms with Crippen molar-refractivity contribution in [2.45, 2.75) is 25.4 Å². The van der Waals surface area contributed by atoms with Gasteiger partial charge < -0.3 is 15.8 Å². The van der Waals surface area contributed by atoms with Gasteiger partial charge in [-0.05, 0) is 30.9 Å². The van der Waals surface area contributed by atoms with Crippen LogP contribution in [0.5, 0.6) is 5.75 Å². The monoisotopic (exact) mass is 429 g/mol. The van der Waals surface area contributed by atoms with Gasteiger partial charge in [0.1, 0.15) is 16.3 Å². The number of fused-ring (bicyclic) bond motifs is 1. The van der Waals surface area contributed by atoms with E-state index in [1.165, 1.54) is 11.3 Å². The molecule has 3 rings (SSSR count). The smallest absolute Gasteiger partial charge is 0.420 e. The molecular formula is C17H14F3N3O5S. The zero-order chi connectivity index (χ0) is 21.3. The van der Waals surface area contributed by atoms with Crippen LogP contribution >= 0.6 is 11.3 Å². The first-order valence-corrected chi connectivity index (χ1v) is 9.12. The van der Waals surface area contributed by atoms with E-state index in [1.54, 1.807) is 0 Å². The van der Waals surface area contributed by atoms with Crippen molar-refractivity contribution >= 4 is 33.8 Å². The number of rotatable bonds is 6. The van der Waals surface area contributed by atoms with Crippen LogP contribution < -0.4 is 15.8 Å². The summed E-state index contributed by atoms with van der Waals surface area (Å²) in [7, 11) is 0. The molecule has 0 spiro atoms. The van der Waals surface area contributed by atoms with Crippen LogP contribution in [0.25, 0.3) is 0 Å². The molecule has 3 N–H and O–H groups in total. The van der Waals surface area contributed by atoms with E-state index in [1.807, 2.05) is 0 Å². The summed E-state index contributed by atoms with van der Waals surface area (Å²) in [5.41, 5.74) is 4.26. The number of nitrogens with two attached hydrogens (primary N) is 1. The molecule has 0 saturated carbocycles. The summed E-state index contributed by atoms with van der Waals surface area (Å²) in [6.45, 7) is -0.790. The molecule has 8 nitrogen and oxygen atoms in total. The summed E-state index contributed by atoms with van der Waals surface area (Å²) in [6.07, 6.45) is -2.62. The van der Waals surface area contributed by atoms with Crippen molar-refractivity contribution in [3.05, 3.63) is 49.9 Å². The lowest BCUT2D eigenvalue weighted by atomic mass is 10.1. The van der Waals surface area contributed by atoms with Gasteiger partial charge in [0.05, 0.1) is 10.5 Å². The molecule has 29 heavy (non-hydrogen) atoms. The average Bonchev–Trinajstić information content (AvgIpc) is 3.19. The first-order chi connectivity index (χ1) is 13.6. The molecule has 1 heterocycles. The van der Waals surface area contributed by atoms with E-state index in [9.17, 15) is 32.9 Å². The molecule has 1 aliphatic rings. The molecule has 2 aromatic rings. The predicted molar refractivity (Wildman–Crippen MR) is 97.1 cm³/mol. The Balaban J connectivity index is 1.75. The second-order valence-electron chi connectivity index (χ2n) is 6.20. The summed E-state index contributed by atoms with van der Waals surface area (Å²) in [5.74, 6) is -2.21. The highest BCUT2D eigenvalue weighted by molar-refractivity contribution is 7.17. The van der Waals surface area contributed by atoms with Crippen LogP contribution in [-0.2, 0) is 23.8 Å². The number of benzene rings is 1. The minimum absolute atomic E-state index is 0.210. The minimum Gasteiger partial charge on any atom is -0.483 e. The van der Waals surface area contributed by atoms with Gasteiger partial charge in [0.25, 0.3) is 17.5 Å². The second kappa shape index (κ2) is 7.70. The average molecular weight is 429 g/mol. The SMILES string of the molecule is NC(=O)c1c(NC(=O)COc2ccc([N+](=O)[O-])cc2C(F)(F)F)sc2c1CCC2. The molecule has 0 saturated heterocycles. The number of amides is 2. The highest BCUT2D eigenvalue weighted by Gasteiger charge is 2.36. The van der Waals surface area contributed by atoms with Crippen molar-refractivity contribution in [2.24, 2.45) is 5.73 Å². The first-order valence-electron chi connectivity index (χ1n) is 8.30. The molecular weight excluding hydrogens is 415 g/mol. The Morgan fingerprint density at radius 2 is 2.03 bits per heavy atom. The van der Waals surface area contributed by atoms with E-state index >= 15 is 0 Å². The Morgan fingerprint density at radius 3 is 2.66 bits per heavy atom. The van der Waals surface area contributed by atoms with E-state index in [0.717, 1.165) is 35.4 Å². The summed E-state index contributed by atoms with van der Waals surface area (Å²) in [4.78, 5) is 34.5. The highest BCUT2D eigenvalue weighted by Crippen LogP contribution is 2.40. The lowest BCUT2D eigenvalue weighted by Crippen LogP contribution is -2.23. The van der Waals surface area contributed by atoms with Gasteiger partial charge >= 0.3 is 6.18 Å². The summed E-state index contributed by atoms with van der Waals surface area (Å²) >= 11 is 1.20. The quantitative estimate of drug-likeness (QED) is 0.539. The van der Waals surface area contributed by atoms with Gasteiger partial charge in [0, 0.05) is 17.0 Å². The molecule has 0 unspecified atom stereocenters. The van der Waals surface area contributed by atoms with Crippen molar-refractivity contribution < 1.29 is 32.4 Å². The summed E-state index contributed by atoms with van der Waals surface area (Å²) in [6, 6.07) is 1.96. The molecule has 2 amide bonds. The number of nitro groups is 1. The number of nitrogens with zero attached hydrogens (tertiary/aromatic N) is 1. The number of anilines is 1. The van der Waals surface area contributed by atoms with Crippen LogP contribution in [0.3, 0.4) is 0 Å². The number of hydrogen-bond acceptors (Lipinski definition) is 6. The maximum atomic E-state index is 13.1. The Bertz CT molecular complexity index is 1000. The number of primary amides is 1. The van der Waals surface area contributed by atoms with Crippen molar-refractivity contribution in [3.63, 3.8) is 0 Å². The Kier molecular flexibility index (Phi) is 5.46. The number of thiophene rings is 1. The third-order valence-corrected chi connectivity index (χ3v) is 5.47. The Labute approximate surface area is 165 Å². The van der Waals surface area contributed by atoms with Crippen LogP contribution in [0.4, 0.5) is 23.9 Å². The number of carbonyl (C=O) groups excluding carboxylic acids is 2. The lowest BCUT2D eigenvalue weighted by molar-refractivity contribution is -0.385. The zero-order valence-electron chi connectivity index (χ0n) is 14.7. The van der Waals surface area contributed by atoms with Crippen molar-refractivity contribution in [1.29, 1.82) is 0 Å². The molecule has 0 radical (unpaired) electrons. The maximum Gasteiger partial charge on any atom is 0.420 e. The largest absolute Gasteiger partial charge is 0.483 e. The van der Waals surface area contributed by atoms with Gasteiger partial charge in [0.15, 0.2) is 6.61 Å². The number of hydrogen-bond donors (Lipinski definition) is 2. The Hall–Kier alpha value is -3.15. The molecule has 0 bridgehead atoms. The van der Waals surface area contributed by atoms with Gasteiger partial charge in [-0.2, -0.15) is 13.2 Å². The normalized spacial score (nSPS) is 13.1. The van der Waals surface area contributed by atoms with Crippen LogP contribution in [0.2, 0.25) is 0 Å². The number of nitrogens with one attached hydrogen (secondary N) is 1. The fourth-order valence-electron chi connectivity index (χ4n) is 3.04. The molecule has 1 aromatic heterocycles. The maximum absolute atomic E-state index is 13.1. The van der Waals surface area contributed by atoms with E-state index in [4.69, 9.17) is 10.5 Å². The number of non-ortho nitro benzene ring substituents is 1. The van der Waals surface area contributed by atoms with Gasteiger partial charge in [-0.25, -0.2) is 0 Å². The topological polar surface area (TPSA) is 125 Å². The number of aryl methyl sites for hydroxylation is 1. The van der Waals surface area contributed by atoms with E-state index in [-0.39, 0.29) is 10.6 Å². The molecule has 154 valence electrons. The molecule has 0 atom stereocenters. The third-order valence-electron chi connectivity index (χ3n) is 4.26. The predicted octanol–water partition coefficient (Wildman–Crippen LogP) is 3.28. The summed E-state index contributed by atoms with van der Waals surface area (Å²) in [5, 5.41) is 13.4. The number of nitro benzene ring substituents is 1. The molecule has 0 fully saturated rings. The van der Waals surface area contributed by atoms with E-state index in [2.05, 4.69) is 5.32 Å². The molecule has 12 heteroatoms. The summed E-state index contributed by atoms with van der Waals surface area (Å²) < 4.78 is 44.4. The van der Waals surface area contributed by atoms with Crippen LogP contribution in [-0.4, -0.2) is 23.3 Å². The van der Waals surface area contributed by atoms with Gasteiger partial charge in [-0.1, -0.05) is 0 Å². The van der Waals surface area contributed by atoms with Gasteiger partial charge in [-0.15, -0.1) is 11.3 Å². The molecule has 1 aliphatic carbocycles. The zero-order valence-corrected chi connectivity index (χ0v) is 15.5. The first kappa shape index (κ1) is 20.6. The molecule has 0 aliphatic heterocycles.